The summed E-state index contributed by atoms with van der Waals surface area (Å²) in [7, 11) is 5.82. The van der Waals surface area contributed by atoms with Crippen molar-refractivity contribution in [3.05, 3.63) is 79.1 Å². The third-order valence-corrected chi connectivity index (χ3v) is 4.75. The van der Waals surface area contributed by atoms with Crippen LogP contribution in [0, 0.1) is 0 Å². The fourth-order valence-electron chi connectivity index (χ4n) is 2.92. The van der Waals surface area contributed by atoms with Crippen LogP contribution >= 0.6 is 0 Å². The van der Waals surface area contributed by atoms with Crippen LogP contribution in [0.1, 0.15) is 5.56 Å². The van der Waals surface area contributed by atoms with Gasteiger partial charge >= 0.3 is 6.01 Å². The molecule has 30 heavy (non-hydrogen) atoms. The molecule has 2 aromatic carbocycles. The standard InChI is InChI=1S/C23H22N6O/c1-16(28(2)3)17-10-12-18(13-11-17)20-14-24-15-21(25-20)22-26-27-23(30-22)29(4)19-8-6-5-7-9-19/h5-15H,1H2,2-4H3. The second-order valence-corrected chi connectivity index (χ2v) is 6.99. The van der Waals surface area contributed by atoms with Crippen molar-refractivity contribution in [3.8, 4) is 22.8 Å². The zero-order valence-electron chi connectivity index (χ0n) is 17.1. The van der Waals surface area contributed by atoms with Gasteiger partial charge in [0.25, 0.3) is 5.89 Å². The summed E-state index contributed by atoms with van der Waals surface area (Å²) in [4.78, 5) is 12.8. The zero-order valence-corrected chi connectivity index (χ0v) is 17.1. The maximum absolute atomic E-state index is 5.84. The van der Waals surface area contributed by atoms with E-state index in [2.05, 4.69) is 26.7 Å². The lowest BCUT2D eigenvalue weighted by Gasteiger charge is -2.16. The second-order valence-electron chi connectivity index (χ2n) is 6.99. The summed E-state index contributed by atoms with van der Waals surface area (Å²) in [5.41, 5.74) is 5.15. The number of aromatic nitrogens is 4. The number of nitrogens with zero attached hydrogens (tertiary/aromatic N) is 6. The lowest BCUT2D eigenvalue weighted by Crippen LogP contribution is -2.09. The zero-order chi connectivity index (χ0) is 21.1. The second kappa shape index (κ2) is 8.16. The van der Waals surface area contributed by atoms with Crippen LogP contribution in [0.25, 0.3) is 28.5 Å². The predicted octanol–water partition coefficient (Wildman–Crippen LogP) is 4.49. The van der Waals surface area contributed by atoms with Crippen molar-refractivity contribution in [2.75, 3.05) is 26.0 Å². The first kappa shape index (κ1) is 19.3. The first-order valence-electron chi connectivity index (χ1n) is 9.44. The van der Waals surface area contributed by atoms with E-state index < -0.39 is 0 Å². The predicted molar refractivity (Wildman–Crippen MR) is 118 cm³/mol. The maximum atomic E-state index is 5.84. The summed E-state index contributed by atoms with van der Waals surface area (Å²) in [6.07, 6.45) is 3.33. The molecular weight excluding hydrogens is 376 g/mol. The molecule has 4 rings (SSSR count). The van der Waals surface area contributed by atoms with Crippen molar-refractivity contribution >= 4 is 17.4 Å². The Balaban J connectivity index is 1.58. The van der Waals surface area contributed by atoms with Crippen molar-refractivity contribution in [2.24, 2.45) is 0 Å². The summed E-state index contributed by atoms with van der Waals surface area (Å²) in [6.45, 7) is 4.09. The van der Waals surface area contributed by atoms with E-state index in [0.717, 1.165) is 28.2 Å². The maximum Gasteiger partial charge on any atom is 0.322 e. The highest BCUT2D eigenvalue weighted by atomic mass is 16.4. The van der Waals surface area contributed by atoms with E-state index in [1.807, 2.05) is 85.5 Å². The van der Waals surface area contributed by atoms with Crippen LogP contribution in [-0.2, 0) is 0 Å². The number of rotatable bonds is 6. The monoisotopic (exact) mass is 398 g/mol. The first-order valence-corrected chi connectivity index (χ1v) is 9.44. The lowest BCUT2D eigenvalue weighted by atomic mass is 10.1. The van der Waals surface area contributed by atoms with E-state index >= 15 is 0 Å². The smallest absolute Gasteiger partial charge is 0.322 e. The van der Waals surface area contributed by atoms with Gasteiger partial charge in [-0.15, -0.1) is 5.10 Å². The molecule has 0 spiro atoms. The van der Waals surface area contributed by atoms with Crippen LogP contribution in [-0.4, -0.2) is 46.2 Å². The molecular formula is C23H22N6O. The van der Waals surface area contributed by atoms with Gasteiger partial charge in [0.2, 0.25) is 0 Å². The SMILES string of the molecule is C=C(c1ccc(-c2cncc(-c3nnc(N(C)c4ccccc4)o3)n2)cc1)N(C)C. The van der Waals surface area contributed by atoms with Crippen LogP contribution in [0.15, 0.2) is 78.0 Å². The topological polar surface area (TPSA) is 71.2 Å². The molecule has 0 fully saturated rings. The molecule has 2 aromatic heterocycles. The third-order valence-electron chi connectivity index (χ3n) is 4.75. The average Bonchev–Trinajstić information content (AvgIpc) is 3.29. The van der Waals surface area contributed by atoms with Crippen molar-refractivity contribution < 1.29 is 4.42 Å². The van der Waals surface area contributed by atoms with E-state index in [9.17, 15) is 0 Å². The van der Waals surface area contributed by atoms with Gasteiger partial charge in [-0.05, 0) is 17.7 Å². The van der Waals surface area contributed by atoms with Gasteiger partial charge in [0.05, 0.1) is 18.1 Å². The molecule has 0 unspecified atom stereocenters. The normalized spacial score (nSPS) is 10.6. The Morgan fingerprint density at radius 1 is 0.867 bits per heavy atom. The van der Waals surface area contributed by atoms with Gasteiger partial charge in [0.1, 0.15) is 5.69 Å². The Labute approximate surface area is 175 Å². The van der Waals surface area contributed by atoms with Crippen molar-refractivity contribution in [1.82, 2.24) is 25.1 Å². The Morgan fingerprint density at radius 2 is 1.57 bits per heavy atom. The van der Waals surface area contributed by atoms with E-state index in [1.165, 1.54) is 0 Å². The first-order chi connectivity index (χ1) is 14.5. The van der Waals surface area contributed by atoms with E-state index in [1.54, 1.807) is 12.4 Å². The van der Waals surface area contributed by atoms with Crippen LogP contribution in [0.2, 0.25) is 0 Å². The van der Waals surface area contributed by atoms with Gasteiger partial charge in [-0.3, -0.25) is 9.88 Å². The van der Waals surface area contributed by atoms with Gasteiger partial charge in [0, 0.05) is 38.1 Å². The Kier molecular flexibility index (Phi) is 5.26. The largest absolute Gasteiger partial charge is 0.401 e. The molecule has 0 N–H and O–H groups in total. The molecule has 0 saturated heterocycles. The average molecular weight is 398 g/mol. The third kappa shape index (κ3) is 3.91. The molecule has 0 aliphatic heterocycles. The highest BCUT2D eigenvalue weighted by Gasteiger charge is 2.15. The van der Waals surface area contributed by atoms with Crippen LogP contribution < -0.4 is 4.90 Å². The van der Waals surface area contributed by atoms with Gasteiger partial charge in [0.15, 0.2) is 0 Å². The molecule has 7 nitrogen and oxygen atoms in total. The van der Waals surface area contributed by atoms with Crippen LogP contribution in [0.4, 0.5) is 11.7 Å². The molecule has 4 aromatic rings. The number of anilines is 2. The molecule has 0 amide bonds. The minimum Gasteiger partial charge on any atom is -0.401 e. The highest BCUT2D eigenvalue weighted by molar-refractivity contribution is 5.67. The highest BCUT2D eigenvalue weighted by Crippen LogP contribution is 2.27. The molecule has 2 heterocycles. The number of hydrogen-bond donors (Lipinski definition) is 0. The quantitative estimate of drug-likeness (QED) is 0.474. The molecule has 0 bridgehead atoms. The Bertz CT molecular complexity index is 1150. The van der Waals surface area contributed by atoms with Gasteiger partial charge in [-0.2, -0.15) is 0 Å². The molecule has 0 aliphatic rings. The number of benzene rings is 2. The molecule has 0 aliphatic carbocycles. The van der Waals surface area contributed by atoms with Crippen LogP contribution in [0.3, 0.4) is 0 Å². The summed E-state index contributed by atoms with van der Waals surface area (Å²) >= 11 is 0. The lowest BCUT2D eigenvalue weighted by molar-refractivity contribution is 0.569. The van der Waals surface area contributed by atoms with Gasteiger partial charge in [-0.25, -0.2) is 4.98 Å². The molecule has 150 valence electrons. The summed E-state index contributed by atoms with van der Waals surface area (Å²) in [5, 5.41) is 8.29. The van der Waals surface area contributed by atoms with Crippen molar-refractivity contribution in [3.63, 3.8) is 0 Å². The molecule has 7 heteroatoms. The van der Waals surface area contributed by atoms with Crippen molar-refractivity contribution in [2.45, 2.75) is 0 Å². The fourth-order valence-corrected chi connectivity index (χ4v) is 2.92. The Morgan fingerprint density at radius 3 is 2.27 bits per heavy atom. The molecule has 0 atom stereocenters. The minimum absolute atomic E-state index is 0.319. The minimum atomic E-state index is 0.319. The number of hydrogen-bond acceptors (Lipinski definition) is 7. The Hall–Kier alpha value is -4.00. The van der Waals surface area contributed by atoms with E-state index in [-0.39, 0.29) is 0 Å². The van der Waals surface area contributed by atoms with E-state index in [0.29, 0.717) is 17.6 Å². The van der Waals surface area contributed by atoms with Gasteiger partial charge < -0.3 is 9.32 Å². The van der Waals surface area contributed by atoms with Crippen LogP contribution in [0.5, 0.6) is 0 Å². The summed E-state index contributed by atoms with van der Waals surface area (Å²) in [6, 6.07) is 18.2. The van der Waals surface area contributed by atoms with Gasteiger partial charge in [-0.1, -0.05) is 54.1 Å². The molecule has 0 radical (unpaired) electrons. The van der Waals surface area contributed by atoms with Crippen molar-refractivity contribution in [1.29, 1.82) is 0 Å². The molecule has 0 saturated carbocycles. The summed E-state index contributed by atoms with van der Waals surface area (Å²) in [5.74, 6) is 0.319. The number of para-hydroxylation sites is 1. The summed E-state index contributed by atoms with van der Waals surface area (Å²) < 4.78 is 5.84. The fraction of sp³-hybridized carbons (Fsp3) is 0.130. The van der Waals surface area contributed by atoms with E-state index in [4.69, 9.17) is 4.42 Å².